The van der Waals surface area contributed by atoms with Gasteiger partial charge in [0.15, 0.2) is 5.15 Å². The van der Waals surface area contributed by atoms with Gasteiger partial charge in [-0.3, -0.25) is 0 Å². The average Bonchev–Trinajstić information content (AvgIpc) is 2.91. The molecule has 0 amide bonds. The summed E-state index contributed by atoms with van der Waals surface area (Å²) in [6.07, 6.45) is 0. The molecule has 0 aromatic carbocycles. The van der Waals surface area contributed by atoms with Gasteiger partial charge < -0.3 is 9.15 Å². The van der Waals surface area contributed by atoms with E-state index in [1.807, 2.05) is 6.92 Å². The molecule has 2 heterocycles. The molecule has 0 N–H and O–H groups in total. The fourth-order valence-electron chi connectivity index (χ4n) is 1.49. The van der Waals surface area contributed by atoms with Crippen LogP contribution in [0.15, 0.2) is 10.5 Å². The van der Waals surface area contributed by atoms with Gasteiger partial charge in [-0.15, -0.1) is 5.10 Å². The van der Waals surface area contributed by atoms with Crippen LogP contribution in [0.1, 0.15) is 17.5 Å². The quantitative estimate of drug-likeness (QED) is 0.813. The molecule has 2 aromatic rings. The van der Waals surface area contributed by atoms with Crippen molar-refractivity contribution in [3.8, 4) is 11.3 Å². The third kappa shape index (κ3) is 2.09. The Labute approximate surface area is 112 Å². The molecule has 0 radical (unpaired) electrons. The Kier molecular flexibility index (Phi) is 3.58. The number of furan rings is 1. The molecule has 0 aliphatic carbocycles. The van der Waals surface area contributed by atoms with Crippen LogP contribution in [-0.4, -0.2) is 28.1 Å². The largest absolute Gasteiger partial charge is 0.463 e. The molecule has 0 atom stereocenters. The molecule has 2 aromatic heterocycles. The van der Waals surface area contributed by atoms with Crippen molar-refractivity contribution >= 4 is 29.2 Å². The van der Waals surface area contributed by atoms with Crippen molar-refractivity contribution in [2.45, 2.75) is 13.5 Å². The number of esters is 1. The lowest BCUT2D eigenvalue weighted by molar-refractivity contribution is 0.0565. The van der Waals surface area contributed by atoms with Crippen molar-refractivity contribution in [2.24, 2.45) is 0 Å². The highest BCUT2D eigenvalue weighted by Crippen LogP contribution is 2.34. The smallest absolute Gasteiger partial charge is 0.374 e. The number of carbonyl (C=O) groups is 1. The van der Waals surface area contributed by atoms with Gasteiger partial charge in [-0.2, -0.15) is 0 Å². The number of rotatable bonds is 3. The zero-order valence-corrected chi connectivity index (χ0v) is 11.1. The maximum Gasteiger partial charge on any atom is 0.374 e. The van der Waals surface area contributed by atoms with Crippen LogP contribution < -0.4 is 0 Å². The molecule has 0 unspecified atom stereocenters. The van der Waals surface area contributed by atoms with Crippen molar-refractivity contribution < 1.29 is 13.9 Å². The first-order valence-corrected chi connectivity index (χ1v) is 5.81. The fourth-order valence-corrected chi connectivity index (χ4v) is 1.96. The molecule has 0 aliphatic heterocycles. The van der Waals surface area contributed by atoms with E-state index >= 15 is 0 Å². The normalized spacial score (nSPS) is 10.7. The van der Waals surface area contributed by atoms with Gasteiger partial charge in [-0.25, -0.2) is 9.48 Å². The second kappa shape index (κ2) is 4.99. The molecule has 0 saturated carbocycles. The number of hydrogen-bond donors (Lipinski definition) is 0. The van der Waals surface area contributed by atoms with Crippen LogP contribution in [0.5, 0.6) is 0 Å². The lowest BCUT2D eigenvalue weighted by Crippen LogP contribution is -2.00. The topological polar surface area (TPSA) is 70.2 Å². The summed E-state index contributed by atoms with van der Waals surface area (Å²) < 4.78 is 11.2. The zero-order chi connectivity index (χ0) is 13.3. The monoisotopic (exact) mass is 289 g/mol. The van der Waals surface area contributed by atoms with Crippen LogP contribution in [0, 0.1) is 0 Å². The minimum atomic E-state index is -0.616. The molecule has 2 rings (SSSR count). The van der Waals surface area contributed by atoms with Crippen molar-refractivity contribution in [3.05, 3.63) is 22.2 Å². The molecule has 0 bridgehead atoms. The highest BCUT2D eigenvalue weighted by molar-refractivity contribution is 6.34. The van der Waals surface area contributed by atoms with Gasteiger partial charge >= 0.3 is 5.97 Å². The maximum atomic E-state index is 11.3. The van der Waals surface area contributed by atoms with Gasteiger partial charge in [-0.1, -0.05) is 16.8 Å². The lowest BCUT2D eigenvalue weighted by Gasteiger charge is -2.00. The van der Waals surface area contributed by atoms with Crippen LogP contribution in [0.3, 0.4) is 0 Å². The maximum absolute atomic E-state index is 11.3. The van der Waals surface area contributed by atoms with Crippen LogP contribution in [0.2, 0.25) is 10.4 Å². The first-order valence-electron chi connectivity index (χ1n) is 5.05. The number of carbonyl (C=O) groups excluding carboxylic acids is 1. The van der Waals surface area contributed by atoms with E-state index in [1.165, 1.54) is 13.2 Å². The number of aromatic nitrogens is 3. The van der Waals surface area contributed by atoms with Gasteiger partial charge in [0.2, 0.25) is 11.0 Å². The fraction of sp³-hybridized carbons (Fsp3) is 0.300. The van der Waals surface area contributed by atoms with Gasteiger partial charge in [0, 0.05) is 12.6 Å². The molecular formula is C10H9Cl2N3O3. The molecule has 96 valence electrons. The molecule has 0 spiro atoms. The Bertz CT molecular complexity index is 591. The molecule has 0 fully saturated rings. The van der Waals surface area contributed by atoms with Crippen LogP contribution in [-0.2, 0) is 11.3 Å². The Morgan fingerprint density at radius 2 is 2.28 bits per heavy atom. The van der Waals surface area contributed by atoms with E-state index in [0.717, 1.165) is 0 Å². The highest BCUT2D eigenvalue weighted by atomic mass is 35.5. The number of methoxy groups -OCH3 is 1. The van der Waals surface area contributed by atoms with E-state index in [9.17, 15) is 4.79 Å². The Hall–Kier alpha value is -1.53. The van der Waals surface area contributed by atoms with E-state index in [2.05, 4.69) is 15.0 Å². The van der Waals surface area contributed by atoms with Gasteiger partial charge in [-0.05, 0) is 18.5 Å². The van der Waals surface area contributed by atoms with E-state index in [0.29, 0.717) is 17.8 Å². The van der Waals surface area contributed by atoms with Crippen molar-refractivity contribution in [1.29, 1.82) is 0 Å². The van der Waals surface area contributed by atoms with Crippen molar-refractivity contribution in [3.63, 3.8) is 0 Å². The second-order valence-corrected chi connectivity index (χ2v) is 4.04. The van der Waals surface area contributed by atoms with Gasteiger partial charge in [0.25, 0.3) is 0 Å². The molecule has 0 aliphatic rings. The van der Waals surface area contributed by atoms with Crippen molar-refractivity contribution in [1.82, 2.24) is 15.0 Å². The summed E-state index contributed by atoms with van der Waals surface area (Å²) >= 11 is 11.9. The third-order valence-electron chi connectivity index (χ3n) is 2.32. The summed E-state index contributed by atoms with van der Waals surface area (Å²) in [7, 11) is 1.25. The highest BCUT2D eigenvalue weighted by Gasteiger charge is 2.22. The zero-order valence-electron chi connectivity index (χ0n) is 9.61. The summed E-state index contributed by atoms with van der Waals surface area (Å²) in [5.41, 5.74) is 0.956. The number of hydrogen-bond acceptors (Lipinski definition) is 5. The summed E-state index contributed by atoms with van der Waals surface area (Å²) in [6, 6.07) is 1.45. The van der Waals surface area contributed by atoms with Crippen LogP contribution in [0.25, 0.3) is 11.3 Å². The first-order chi connectivity index (χ1) is 8.58. The van der Waals surface area contributed by atoms with Crippen LogP contribution >= 0.6 is 23.2 Å². The Morgan fingerprint density at radius 1 is 1.56 bits per heavy atom. The average molecular weight is 290 g/mol. The lowest BCUT2D eigenvalue weighted by atomic mass is 10.2. The first kappa shape index (κ1) is 12.9. The van der Waals surface area contributed by atoms with Crippen LogP contribution in [0.4, 0.5) is 0 Å². The summed E-state index contributed by atoms with van der Waals surface area (Å²) in [4.78, 5) is 11.3. The van der Waals surface area contributed by atoms with E-state index < -0.39 is 5.97 Å². The third-order valence-corrected chi connectivity index (χ3v) is 2.86. The Morgan fingerprint density at radius 3 is 2.89 bits per heavy atom. The second-order valence-electron chi connectivity index (χ2n) is 3.33. The number of halogens is 2. The van der Waals surface area contributed by atoms with Crippen molar-refractivity contribution in [2.75, 3.05) is 7.11 Å². The summed E-state index contributed by atoms with van der Waals surface area (Å²) in [5.74, 6) is -0.618. The molecule has 6 nitrogen and oxygen atoms in total. The number of nitrogens with zero attached hydrogens (tertiary/aromatic N) is 3. The Balaban J connectivity index is 2.54. The molecule has 0 saturated heterocycles. The minimum absolute atomic E-state index is 0.00239. The predicted molar refractivity (Wildman–Crippen MR) is 64.8 cm³/mol. The molecular weight excluding hydrogens is 281 g/mol. The van der Waals surface area contributed by atoms with E-state index in [-0.39, 0.29) is 16.1 Å². The van der Waals surface area contributed by atoms with E-state index in [1.54, 1.807) is 4.68 Å². The molecule has 8 heteroatoms. The van der Waals surface area contributed by atoms with E-state index in [4.69, 9.17) is 27.6 Å². The summed E-state index contributed by atoms with van der Waals surface area (Å²) in [5, 5.41) is 7.81. The molecule has 18 heavy (non-hydrogen) atoms. The number of aryl methyl sites for hydroxylation is 1. The van der Waals surface area contributed by atoms with Gasteiger partial charge in [0.05, 0.1) is 12.7 Å². The summed E-state index contributed by atoms with van der Waals surface area (Å²) in [6.45, 7) is 2.44. The SMILES string of the molecule is CCn1nnc(Cl)c1-c1cc(C(=O)OC)oc1Cl. The number of ether oxygens (including phenoxy) is 1. The van der Waals surface area contributed by atoms with Gasteiger partial charge in [0.1, 0.15) is 5.69 Å². The minimum Gasteiger partial charge on any atom is -0.463 e. The predicted octanol–water partition coefficient (Wildman–Crippen LogP) is 2.65. The standard InChI is InChI=1S/C10H9Cl2N3O3/c1-3-15-7(8(11)13-14-15)5-4-6(10(16)17-2)18-9(5)12/h4H,3H2,1-2H3.